The van der Waals surface area contributed by atoms with E-state index in [0.29, 0.717) is 6.79 Å². The van der Waals surface area contributed by atoms with Crippen LogP contribution in [0, 0.1) is 0 Å². The van der Waals surface area contributed by atoms with Gasteiger partial charge in [0.1, 0.15) is 0 Å². The van der Waals surface area contributed by atoms with Gasteiger partial charge in [-0.05, 0) is 37.5 Å². The van der Waals surface area contributed by atoms with Crippen molar-refractivity contribution < 1.29 is 14.6 Å². The second-order valence-electron chi connectivity index (χ2n) is 4.50. The van der Waals surface area contributed by atoms with Crippen LogP contribution in [0.25, 0.3) is 0 Å². The summed E-state index contributed by atoms with van der Waals surface area (Å²) in [7, 11) is 0. The third-order valence-electron chi connectivity index (χ3n) is 2.78. The van der Waals surface area contributed by atoms with E-state index in [-0.39, 0.29) is 6.61 Å². The third kappa shape index (κ3) is 2.46. The lowest BCUT2D eigenvalue weighted by atomic mass is 9.95. The number of ether oxygens (including phenoxy) is 2. The molecule has 1 aromatic rings. The van der Waals surface area contributed by atoms with Gasteiger partial charge in [-0.2, -0.15) is 0 Å². The third-order valence-corrected chi connectivity index (χ3v) is 2.78. The summed E-state index contributed by atoms with van der Waals surface area (Å²) in [5.74, 6) is 1.58. The van der Waals surface area contributed by atoms with Crippen molar-refractivity contribution in [1.82, 2.24) is 0 Å². The number of hydrogen-bond acceptors (Lipinski definition) is 4. The number of nitrogens with two attached hydrogens (primary N) is 1. The SMILES string of the molecule is CC(N)(CO)CCc1ccc2c(c1)OCO2. The molecule has 1 aromatic carbocycles. The second-order valence-corrected chi connectivity index (χ2v) is 4.50. The number of aliphatic hydroxyl groups excluding tert-OH is 1. The molecule has 1 atom stereocenters. The Kier molecular flexibility index (Phi) is 3.03. The molecule has 3 N–H and O–H groups in total. The van der Waals surface area contributed by atoms with Crippen LogP contribution in [0.2, 0.25) is 0 Å². The molecule has 0 saturated heterocycles. The lowest BCUT2D eigenvalue weighted by Crippen LogP contribution is -2.40. The van der Waals surface area contributed by atoms with E-state index in [4.69, 9.17) is 20.3 Å². The highest BCUT2D eigenvalue weighted by Gasteiger charge is 2.18. The molecule has 0 saturated carbocycles. The zero-order chi connectivity index (χ0) is 11.6. The van der Waals surface area contributed by atoms with Gasteiger partial charge in [-0.1, -0.05) is 6.07 Å². The molecule has 0 aliphatic carbocycles. The number of rotatable bonds is 4. The maximum Gasteiger partial charge on any atom is 0.231 e. The number of hydrogen-bond donors (Lipinski definition) is 2. The maximum atomic E-state index is 9.06. The molecule has 1 heterocycles. The first-order chi connectivity index (χ1) is 7.61. The topological polar surface area (TPSA) is 64.7 Å². The predicted molar refractivity (Wildman–Crippen MR) is 60.6 cm³/mol. The monoisotopic (exact) mass is 223 g/mol. The van der Waals surface area contributed by atoms with Crippen LogP contribution in [0.4, 0.5) is 0 Å². The Bertz CT molecular complexity index is 377. The molecule has 0 bridgehead atoms. The molecule has 2 rings (SSSR count). The Balaban J connectivity index is 2.00. The smallest absolute Gasteiger partial charge is 0.231 e. The molecule has 0 amide bonds. The van der Waals surface area contributed by atoms with Gasteiger partial charge in [0.25, 0.3) is 0 Å². The van der Waals surface area contributed by atoms with E-state index >= 15 is 0 Å². The molecule has 4 nitrogen and oxygen atoms in total. The van der Waals surface area contributed by atoms with Crippen molar-refractivity contribution in [1.29, 1.82) is 0 Å². The fraction of sp³-hybridized carbons (Fsp3) is 0.500. The van der Waals surface area contributed by atoms with Crippen LogP contribution < -0.4 is 15.2 Å². The van der Waals surface area contributed by atoms with Gasteiger partial charge >= 0.3 is 0 Å². The van der Waals surface area contributed by atoms with Gasteiger partial charge in [-0.3, -0.25) is 0 Å². The Morgan fingerprint density at radius 1 is 1.38 bits per heavy atom. The highest BCUT2D eigenvalue weighted by atomic mass is 16.7. The van der Waals surface area contributed by atoms with Crippen LogP contribution in [-0.2, 0) is 6.42 Å². The first kappa shape index (κ1) is 11.2. The van der Waals surface area contributed by atoms with Crippen LogP contribution in [0.1, 0.15) is 18.9 Å². The summed E-state index contributed by atoms with van der Waals surface area (Å²) in [6.07, 6.45) is 1.56. The lowest BCUT2D eigenvalue weighted by molar-refractivity contribution is 0.174. The summed E-state index contributed by atoms with van der Waals surface area (Å²) in [6.45, 7) is 2.14. The van der Waals surface area contributed by atoms with E-state index in [0.717, 1.165) is 29.9 Å². The van der Waals surface area contributed by atoms with Gasteiger partial charge in [0.2, 0.25) is 6.79 Å². The van der Waals surface area contributed by atoms with Gasteiger partial charge in [0.05, 0.1) is 6.61 Å². The van der Waals surface area contributed by atoms with Gasteiger partial charge in [0.15, 0.2) is 11.5 Å². The fourth-order valence-corrected chi connectivity index (χ4v) is 1.61. The summed E-state index contributed by atoms with van der Waals surface area (Å²) in [5, 5.41) is 9.06. The standard InChI is InChI=1S/C12H17NO3/c1-12(13,7-14)5-4-9-2-3-10-11(6-9)16-8-15-10/h2-3,6,14H,4-5,7-8,13H2,1H3. The van der Waals surface area contributed by atoms with Crippen molar-refractivity contribution in [2.75, 3.05) is 13.4 Å². The minimum absolute atomic E-state index is 0.00243. The molecule has 16 heavy (non-hydrogen) atoms. The average Bonchev–Trinajstić information content (AvgIpc) is 2.73. The van der Waals surface area contributed by atoms with Crippen molar-refractivity contribution in [3.63, 3.8) is 0 Å². The van der Waals surface area contributed by atoms with E-state index in [1.54, 1.807) is 0 Å². The highest BCUT2D eigenvalue weighted by molar-refractivity contribution is 5.44. The van der Waals surface area contributed by atoms with Gasteiger partial charge in [-0.25, -0.2) is 0 Å². The molecule has 0 fully saturated rings. The van der Waals surface area contributed by atoms with E-state index < -0.39 is 5.54 Å². The van der Waals surface area contributed by atoms with E-state index in [1.165, 1.54) is 0 Å². The maximum absolute atomic E-state index is 9.06. The largest absolute Gasteiger partial charge is 0.454 e. The number of fused-ring (bicyclic) bond motifs is 1. The molecule has 0 spiro atoms. The highest BCUT2D eigenvalue weighted by Crippen LogP contribution is 2.33. The summed E-state index contributed by atoms with van der Waals surface area (Å²) in [6, 6.07) is 5.88. The van der Waals surface area contributed by atoms with Crippen molar-refractivity contribution in [2.24, 2.45) is 5.73 Å². The molecule has 4 heteroatoms. The Morgan fingerprint density at radius 3 is 2.88 bits per heavy atom. The molecule has 1 aliphatic rings. The molecule has 1 aliphatic heterocycles. The first-order valence-corrected chi connectivity index (χ1v) is 5.39. The van der Waals surface area contributed by atoms with Crippen LogP contribution in [0.15, 0.2) is 18.2 Å². The number of benzene rings is 1. The van der Waals surface area contributed by atoms with Crippen molar-refractivity contribution >= 4 is 0 Å². The summed E-state index contributed by atoms with van der Waals surface area (Å²) < 4.78 is 10.5. The zero-order valence-electron chi connectivity index (χ0n) is 9.40. The second kappa shape index (κ2) is 4.31. The van der Waals surface area contributed by atoms with E-state index in [9.17, 15) is 0 Å². The number of aryl methyl sites for hydroxylation is 1. The Hall–Kier alpha value is -1.26. The van der Waals surface area contributed by atoms with Crippen LogP contribution in [0.3, 0.4) is 0 Å². The molecular formula is C12H17NO3. The number of aliphatic hydroxyl groups is 1. The summed E-state index contributed by atoms with van der Waals surface area (Å²) in [4.78, 5) is 0. The van der Waals surface area contributed by atoms with Gasteiger partial charge < -0.3 is 20.3 Å². The predicted octanol–water partition coefficient (Wildman–Crippen LogP) is 1.06. The van der Waals surface area contributed by atoms with Gasteiger partial charge in [0, 0.05) is 5.54 Å². The van der Waals surface area contributed by atoms with E-state index in [1.807, 2.05) is 25.1 Å². The van der Waals surface area contributed by atoms with Crippen LogP contribution in [0.5, 0.6) is 11.5 Å². The summed E-state index contributed by atoms with van der Waals surface area (Å²) >= 11 is 0. The van der Waals surface area contributed by atoms with Crippen molar-refractivity contribution in [3.8, 4) is 11.5 Å². The normalized spacial score (nSPS) is 17.2. The molecule has 1 unspecified atom stereocenters. The fourth-order valence-electron chi connectivity index (χ4n) is 1.61. The Morgan fingerprint density at radius 2 is 2.12 bits per heavy atom. The lowest BCUT2D eigenvalue weighted by Gasteiger charge is -2.21. The van der Waals surface area contributed by atoms with Gasteiger partial charge in [-0.15, -0.1) is 0 Å². The summed E-state index contributed by atoms with van der Waals surface area (Å²) in [5.41, 5.74) is 6.50. The average molecular weight is 223 g/mol. The zero-order valence-corrected chi connectivity index (χ0v) is 9.40. The van der Waals surface area contributed by atoms with Crippen molar-refractivity contribution in [2.45, 2.75) is 25.3 Å². The molecule has 0 radical (unpaired) electrons. The Labute approximate surface area is 95.0 Å². The minimum Gasteiger partial charge on any atom is -0.454 e. The molecule has 0 aromatic heterocycles. The van der Waals surface area contributed by atoms with Crippen molar-refractivity contribution in [3.05, 3.63) is 23.8 Å². The van der Waals surface area contributed by atoms with Crippen LogP contribution >= 0.6 is 0 Å². The van der Waals surface area contributed by atoms with Crippen LogP contribution in [-0.4, -0.2) is 24.0 Å². The minimum atomic E-state index is -0.517. The first-order valence-electron chi connectivity index (χ1n) is 5.39. The molecule has 88 valence electrons. The quantitative estimate of drug-likeness (QED) is 0.801. The molecular weight excluding hydrogens is 206 g/mol. The van der Waals surface area contributed by atoms with E-state index in [2.05, 4.69) is 0 Å².